The lowest BCUT2D eigenvalue weighted by molar-refractivity contribution is 0.722. The second-order valence-corrected chi connectivity index (χ2v) is 5.05. The molecule has 1 aliphatic rings. The van der Waals surface area contributed by atoms with E-state index in [1.165, 1.54) is 43.0 Å². The molecule has 100 valence electrons. The summed E-state index contributed by atoms with van der Waals surface area (Å²) in [5.41, 5.74) is 2.62. The summed E-state index contributed by atoms with van der Waals surface area (Å²) in [6, 6.07) is 4.51. The summed E-state index contributed by atoms with van der Waals surface area (Å²) in [6.45, 7) is 8.68. The van der Waals surface area contributed by atoms with Gasteiger partial charge in [-0.05, 0) is 43.5 Å². The predicted octanol–water partition coefficient (Wildman–Crippen LogP) is 2.74. The third-order valence-electron chi connectivity index (χ3n) is 3.44. The third-order valence-corrected chi connectivity index (χ3v) is 3.44. The second kappa shape index (κ2) is 6.74. The zero-order valence-electron chi connectivity index (χ0n) is 11.7. The lowest BCUT2D eigenvalue weighted by atomic mass is 10.1. The van der Waals surface area contributed by atoms with Crippen molar-refractivity contribution >= 4 is 5.82 Å². The van der Waals surface area contributed by atoms with E-state index in [2.05, 4.69) is 36.2 Å². The predicted molar refractivity (Wildman–Crippen MR) is 77.1 cm³/mol. The van der Waals surface area contributed by atoms with Crippen LogP contribution in [0.5, 0.6) is 0 Å². The fourth-order valence-electron chi connectivity index (χ4n) is 2.50. The van der Waals surface area contributed by atoms with E-state index < -0.39 is 0 Å². The molecule has 0 bridgehead atoms. The van der Waals surface area contributed by atoms with Gasteiger partial charge in [-0.2, -0.15) is 0 Å². The molecule has 1 saturated heterocycles. The van der Waals surface area contributed by atoms with Crippen molar-refractivity contribution in [3.63, 3.8) is 0 Å². The van der Waals surface area contributed by atoms with Crippen molar-refractivity contribution in [2.24, 2.45) is 0 Å². The van der Waals surface area contributed by atoms with Crippen molar-refractivity contribution in [3.8, 4) is 0 Å². The highest BCUT2D eigenvalue weighted by molar-refractivity contribution is 5.43. The molecule has 1 fully saturated rings. The van der Waals surface area contributed by atoms with E-state index in [0.29, 0.717) is 0 Å². The minimum Gasteiger partial charge on any atom is -0.357 e. The zero-order chi connectivity index (χ0) is 12.8. The molecule has 0 saturated carbocycles. The summed E-state index contributed by atoms with van der Waals surface area (Å²) in [5.74, 6) is 1.19. The lowest BCUT2D eigenvalue weighted by Crippen LogP contribution is -2.20. The first-order valence-electron chi connectivity index (χ1n) is 7.29. The Balaban J connectivity index is 2.17. The molecule has 18 heavy (non-hydrogen) atoms. The number of anilines is 1. The molecule has 1 aliphatic heterocycles. The largest absolute Gasteiger partial charge is 0.357 e. The van der Waals surface area contributed by atoms with Gasteiger partial charge in [0.25, 0.3) is 0 Å². The molecule has 1 aromatic rings. The van der Waals surface area contributed by atoms with Crippen LogP contribution in [-0.4, -0.2) is 24.6 Å². The molecule has 3 nitrogen and oxygen atoms in total. The molecular weight excluding hydrogens is 222 g/mol. The quantitative estimate of drug-likeness (QED) is 0.838. The van der Waals surface area contributed by atoms with Crippen molar-refractivity contribution in [1.29, 1.82) is 0 Å². The maximum Gasteiger partial charge on any atom is 0.129 e. The van der Waals surface area contributed by atoms with E-state index in [4.69, 9.17) is 4.98 Å². The van der Waals surface area contributed by atoms with Crippen molar-refractivity contribution in [3.05, 3.63) is 23.4 Å². The summed E-state index contributed by atoms with van der Waals surface area (Å²) >= 11 is 0. The molecule has 0 spiro atoms. The Morgan fingerprint density at radius 1 is 1.22 bits per heavy atom. The van der Waals surface area contributed by atoms with Crippen LogP contribution >= 0.6 is 0 Å². The van der Waals surface area contributed by atoms with Crippen LogP contribution in [0.4, 0.5) is 5.82 Å². The van der Waals surface area contributed by atoms with Gasteiger partial charge in [0, 0.05) is 25.3 Å². The highest BCUT2D eigenvalue weighted by Crippen LogP contribution is 2.20. The van der Waals surface area contributed by atoms with Gasteiger partial charge in [-0.1, -0.05) is 20.3 Å². The molecule has 0 atom stereocenters. The van der Waals surface area contributed by atoms with Gasteiger partial charge in [0.2, 0.25) is 0 Å². The van der Waals surface area contributed by atoms with Crippen molar-refractivity contribution in [1.82, 2.24) is 10.3 Å². The van der Waals surface area contributed by atoms with Gasteiger partial charge in [0.1, 0.15) is 5.82 Å². The van der Waals surface area contributed by atoms with E-state index in [1.807, 2.05) is 0 Å². The zero-order valence-corrected chi connectivity index (χ0v) is 11.7. The summed E-state index contributed by atoms with van der Waals surface area (Å²) in [4.78, 5) is 7.24. The Morgan fingerprint density at radius 2 is 2.00 bits per heavy atom. The average Bonchev–Trinajstić information content (AvgIpc) is 2.90. The Kier molecular flexibility index (Phi) is 5.00. The number of aromatic nitrogens is 1. The molecule has 0 aromatic carbocycles. The Bertz CT molecular complexity index is 370. The van der Waals surface area contributed by atoms with Gasteiger partial charge in [0.15, 0.2) is 0 Å². The van der Waals surface area contributed by atoms with Crippen LogP contribution in [-0.2, 0) is 13.0 Å². The van der Waals surface area contributed by atoms with Crippen LogP contribution in [0, 0.1) is 0 Å². The Hall–Kier alpha value is -1.09. The third kappa shape index (κ3) is 3.45. The smallest absolute Gasteiger partial charge is 0.129 e. The number of hydrogen-bond acceptors (Lipinski definition) is 3. The highest BCUT2D eigenvalue weighted by atomic mass is 15.2. The maximum absolute atomic E-state index is 4.81. The van der Waals surface area contributed by atoms with E-state index in [1.54, 1.807) is 0 Å². The van der Waals surface area contributed by atoms with Crippen LogP contribution in [0.15, 0.2) is 12.1 Å². The molecule has 1 N–H and O–H groups in total. The maximum atomic E-state index is 4.81. The van der Waals surface area contributed by atoms with E-state index >= 15 is 0 Å². The molecule has 0 unspecified atom stereocenters. The van der Waals surface area contributed by atoms with Gasteiger partial charge >= 0.3 is 0 Å². The number of nitrogens with one attached hydrogen (secondary N) is 1. The van der Waals surface area contributed by atoms with Crippen LogP contribution in [0.3, 0.4) is 0 Å². The molecule has 2 rings (SSSR count). The van der Waals surface area contributed by atoms with Crippen molar-refractivity contribution in [2.45, 2.75) is 46.1 Å². The van der Waals surface area contributed by atoms with Crippen molar-refractivity contribution < 1.29 is 0 Å². The average molecular weight is 247 g/mol. The van der Waals surface area contributed by atoms with Crippen LogP contribution in [0.25, 0.3) is 0 Å². The fraction of sp³-hybridized carbons (Fsp3) is 0.667. The first-order valence-corrected chi connectivity index (χ1v) is 7.29. The fourth-order valence-corrected chi connectivity index (χ4v) is 2.50. The summed E-state index contributed by atoms with van der Waals surface area (Å²) in [7, 11) is 0. The first-order chi connectivity index (χ1) is 8.83. The van der Waals surface area contributed by atoms with Crippen LogP contribution in [0.1, 0.15) is 44.4 Å². The number of pyridine rings is 1. The van der Waals surface area contributed by atoms with Crippen LogP contribution < -0.4 is 10.2 Å². The van der Waals surface area contributed by atoms with Gasteiger partial charge in [0.05, 0.1) is 0 Å². The SMILES string of the molecule is CCCc1cc(CNCC)cc(N2CCCC2)n1. The van der Waals surface area contributed by atoms with Crippen LogP contribution in [0.2, 0.25) is 0 Å². The van der Waals surface area contributed by atoms with Gasteiger partial charge in [-0.15, -0.1) is 0 Å². The Labute approximate surface area is 111 Å². The van der Waals surface area contributed by atoms with Gasteiger partial charge in [-0.25, -0.2) is 4.98 Å². The standard InChI is InChI=1S/C15H25N3/c1-3-7-14-10-13(12-16-4-2)11-15(17-14)18-8-5-6-9-18/h10-11,16H,3-9,12H2,1-2H3. The monoisotopic (exact) mass is 247 g/mol. The molecular formula is C15H25N3. The normalized spacial score (nSPS) is 15.3. The van der Waals surface area contributed by atoms with Gasteiger partial charge in [-0.3, -0.25) is 0 Å². The van der Waals surface area contributed by atoms with E-state index in [9.17, 15) is 0 Å². The van der Waals surface area contributed by atoms with E-state index in [0.717, 1.165) is 25.9 Å². The van der Waals surface area contributed by atoms with Gasteiger partial charge < -0.3 is 10.2 Å². The molecule has 3 heteroatoms. The summed E-state index contributed by atoms with van der Waals surface area (Å²) in [5, 5.41) is 3.41. The number of hydrogen-bond donors (Lipinski definition) is 1. The molecule has 0 aliphatic carbocycles. The number of rotatable bonds is 6. The number of nitrogens with zero attached hydrogens (tertiary/aromatic N) is 2. The molecule has 0 amide bonds. The topological polar surface area (TPSA) is 28.2 Å². The van der Waals surface area contributed by atoms with Crippen molar-refractivity contribution in [2.75, 3.05) is 24.5 Å². The lowest BCUT2D eigenvalue weighted by Gasteiger charge is -2.18. The number of aryl methyl sites for hydroxylation is 1. The molecule has 0 radical (unpaired) electrons. The Morgan fingerprint density at radius 3 is 2.67 bits per heavy atom. The summed E-state index contributed by atoms with van der Waals surface area (Å²) in [6.07, 6.45) is 4.86. The van der Waals surface area contributed by atoms with E-state index in [-0.39, 0.29) is 0 Å². The second-order valence-electron chi connectivity index (χ2n) is 5.05. The minimum atomic E-state index is 0.955. The molecule has 1 aromatic heterocycles. The highest BCUT2D eigenvalue weighted by Gasteiger charge is 2.14. The first kappa shape index (κ1) is 13.3. The summed E-state index contributed by atoms with van der Waals surface area (Å²) < 4.78 is 0. The minimum absolute atomic E-state index is 0.955. The molecule has 2 heterocycles.